The van der Waals surface area contributed by atoms with Crippen molar-refractivity contribution < 1.29 is 18.0 Å². The lowest BCUT2D eigenvalue weighted by molar-refractivity contribution is -0.137. The molecule has 0 amide bonds. The minimum absolute atomic E-state index is 0.0363. The predicted octanol–water partition coefficient (Wildman–Crippen LogP) is 6.32. The molecule has 2 aromatic carbocycles. The van der Waals surface area contributed by atoms with Crippen molar-refractivity contribution in [2.45, 2.75) is 32.9 Å². The number of hydrogen-bond donors (Lipinski definition) is 0. The van der Waals surface area contributed by atoms with Gasteiger partial charge in [0.2, 0.25) is 0 Å². The maximum atomic E-state index is 13.3. The molecule has 1 aromatic heterocycles. The molecule has 0 saturated carbocycles. The Hall–Kier alpha value is -2.82. The summed E-state index contributed by atoms with van der Waals surface area (Å²) < 4.78 is 41.7. The monoisotopic (exact) mass is 383 g/mol. The lowest BCUT2D eigenvalue weighted by Gasteiger charge is -2.30. The van der Waals surface area contributed by atoms with Gasteiger partial charge in [0.25, 0.3) is 0 Å². The van der Waals surface area contributed by atoms with Crippen LogP contribution in [-0.2, 0) is 12.6 Å². The average Bonchev–Trinajstić information content (AvgIpc) is 3.00. The number of nitrogens with zero attached hydrogens (tertiary/aromatic N) is 1. The van der Waals surface area contributed by atoms with Crippen molar-refractivity contribution in [1.82, 2.24) is 4.57 Å². The summed E-state index contributed by atoms with van der Waals surface area (Å²) in [5.74, 6) is 0.0363. The van der Waals surface area contributed by atoms with Gasteiger partial charge in [-0.25, -0.2) is 0 Å². The molecule has 0 N–H and O–H groups in total. The van der Waals surface area contributed by atoms with Crippen molar-refractivity contribution in [3.63, 3.8) is 0 Å². The van der Waals surface area contributed by atoms with Gasteiger partial charge in [-0.1, -0.05) is 50.2 Å². The lowest BCUT2D eigenvalue weighted by atomic mass is 9.76. The fourth-order valence-corrected chi connectivity index (χ4v) is 3.95. The number of halogens is 3. The number of Topliss-reactive ketones (excluding diaryl/α,β-unsaturated/α-hetero) is 1. The molecular formula is C23H20F3NO. The van der Waals surface area contributed by atoms with Crippen molar-refractivity contribution in [3.8, 4) is 16.9 Å². The molecule has 0 bridgehead atoms. The zero-order chi connectivity index (χ0) is 20.1. The van der Waals surface area contributed by atoms with Gasteiger partial charge in [0.05, 0.1) is 11.3 Å². The molecule has 2 nitrogen and oxygen atoms in total. The van der Waals surface area contributed by atoms with E-state index in [2.05, 4.69) is 0 Å². The minimum atomic E-state index is -4.43. The number of carbonyl (C=O) groups is 1. The first-order valence-electron chi connectivity index (χ1n) is 9.17. The van der Waals surface area contributed by atoms with Crippen molar-refractivity contribution in [2.24, 2.45) is 5.41 Å². The van der Waals surface area contributed by atoms with Gasteiger partial charge in [-0.3, -0.25) is 4.79 Å². The van der Waals surface area contributed by atoms with E-state index < -0.39 is 11.7 Å². The number of hydrogen-bond acceptors (Lipinski definition) is 1. The van der Waals surface area contributed by atoms with Crippen LogP contribution in [0.5, 0.6) is 0 Å². The number of rotatable bonds is 2. The van der Waals surface area contributed by atoms with E-state index in [1.54, 1.807) is 6.07 Å². The van der Waals surface area contributed by atoms with Crippen LogP contribution < -0.4 is 0 Å². The highest BCUT2D eigenvalue weighted by Crippen LogP contribution is 2.41. The molecule has 0 aliphatic heterocycles. The third-order valence-corrected chi connectivity index (χ3v) is 5.19. The van der Waals surface area contributed by atoms with Crippen molar-refractivity contribution >= 4 is 5.78 Å². The summed E-state index contributed by atoms with van der Waals surface area (Å²) in [7, 11) is 0. The van der Waals surface area contributed by atoms with Gasteiger partial charge < -0.3 is 4.57 Å². The van der Waals surface area contributed by atoms with E-state index in [-0.39, 0.29) is 11.2 Å². The zero-order valence-corrected chi connectivity index (χ0v) is 15.7. The fraction of sp³-hybridized carbons (Fsp3) is 0.261. The molecule has 0 fully saturated rings. The molecule has 0 saturated heterocycles. The summed E-state index contributed by atoms with van der Waals surface area (Å²) in [4.78, 5) is 12.8. The standard InChI is InChI=1S/C23H20F3NO/c1-22(2)13-20-18(21(28)14-22)12-19(15-7-4-3-5-8-15)27(20)17-10-6-9-16(11-17)23(24,25)26/h3-12H,13-14H2,1-2H3. The number of fused-ring (bicyclic) bond motifs is 1. The lowest BCUT2D eigenvalue weighted by Crippen LogP contribution is -2.27. The molecule has 0 atom stereocenters. The van der Waals surface area contributed by atoms with Gasteiger partial charge in [-0.05, 0) is 41.7 Å². The first-order valence-corrected chi connectivity index (χ1v) is 9.17. The van der Waals surface area contributed by atoms with Gasteiger partial charge in [-0.15, -0.1) is 0 Å². The molecule has 5 heteroatoms. The Balaban J connectivity index is 1.99. The number of benzene rings is 2. The SMILES string of the molecule is CC1(C)CC(=O)c2cc(-c3ccccc3)n(-c3cccc(C(F)(F)F)c3)c2C1. The molecular weight excluding hydrogens is 363 g/mol. The minimum Gasteiger partial charge on any atom is -0.313 e. The number of carbonyl (C=O) groups excluding carboxylic acids is 1. The van der Waals surface area contributed by atoms with Crippen LogP contribution in [0.25, 0.3) is 16.9 Å². The Morgan fingerprint density at radius 3 is 2.32 bits per heavy atom. The first-order chi connectivity index (χ1) is 13.2. The molecule has 1 aliphatic carbocycles. The Kier molecular flexibility index (Phi) is 4.21. The predicted molar refractivity (Wildman–Crippen MR) is 103 cm³/mol. The topological polar surface area (TPSA) is 22.0 Å². The number of alkyl halides is 3. The molecule has 3 aromatic rings. The van der Waals surface area contributed by atoms with Crippen LogP contribution in [0.1, 0.15) is 41.9 Å². The van der Waals surface area contributed by atoms with E-state index in [1.807, 2.05) is 54.8 Å². The van der Waals surface area contributed by atoms with Crippen LogP contribution in [0.15, 0.2) is 60.7 Å². The second-order valence-corrected chi connectivity index (χ2v) is 8.08. The van der Waals surface area contributed by atoms with Gasteiger partial charge in [0.1, 0.15) is 0 Å². The summed E-state index contributed by atoms with van der Waals surface area (Å²) in [6.45, 7) is 4.03. The highest BCUT2D eigenvalue weighted by molar-refractivity contribution is 6.00. The molecule has 0 unspecified atom stereocenters. The molecule has 28 heavy (non-hydrogen) atoms. The van der Waals surface area contributed by atoms with Crippen LogP contribution >= 0.6 is 0 Å². The summed E-state index contributed by atoms with van der Waals surface area (Å²) in [6, 6.07) is 16.6. The Morgan fingerprint density at radius 1 is 0.929 bits per heavy atom. The molecule has 4 rings (SSSR count). The molecule has 144 valence electrons. The Bertz CT molecular complexity index is 1050. The van der Waals surface area contributed by atoms with Crippen LogP contribution in [0, 0.1) is 5.41 Å². The van der Waals surface area contributed by atoms with Crippen molar-refractivity contribution in [1.29, 1.82) is 0 Å². The zero-order valence-electron chi connectivity index (χ0n) is 15.7. The van der Waals surface area contributed by atoms with E-state index in [0.717, 1.165) is 29.1 Å². The van der Waals surface area contributed by atoms with E-state index in [9.17, 15) is 18.0 Å². The van der Waals surface area contributed by atoms with Crippen LogP contribution in [0.2, 0.25) is 0 Å². The van der Waals surface area contributed by atoms with Gasteiger partial charge in [0, 0.05) is 23.4 Å². The largest absolute Gasteiger partial charge is 0.416 e. The second kappa shape index (κ2) is 6.36. The van der Waals surface area contributed by atoms with Gasteiger partial charge in [0.15, 0.2) is 5.78 Å². The molecule has 1 aliphatic rings. The van der Waals surface area contributed by atoms with Crippen LogP contribution in [-0.4, -0.2) is 10.4 Å². The van der Waals surface area contributed by atoms with E-state index in [0.29, 0.717) is 24.1 Å². The van der Waals surface area contributed by atoms with Crippen LogP contribution in [0.4, 0.5) is 13.2 Å². The van der Waals surface area contributed by atoms with E-state index >= 15 is 0 Å². The maximum Gasteiger partial charge on any atom is 0.416 e. The number of aromatic nitrogens is 1. The van der Waals surface area contributed by atoms with E-state index in [4.69, 9.17) is 0 Å². The van der Waals surface area contributed by atoms with E-state index in [1.165, 1.54) is 6.07 Å². The normalized spacial score (nSPS) is 16.1. The molecule has 0 spiro atoms. The van der Waals surface area contributed by atoms with Gasteiger partial charge >= 0.3 is 6.18 Å². The van der Waals surface area contributed by atoms with Crippen LogP contribution in [0.3, 0.4) is 0 Å². The first kappa shape index (κ1) is 18.5. The smallest absolute Gasteiger partial charge is 0.313 e. The number of ketones is 1. The summed E-state index contributed by atoms with van der Waals surface area (Å²) in [6.07, 6.45) is -3.37. The Labute approximate surface area is 161 Å². The summed E-state index contributed by atoms with van der Waals surface area (Å²) in [5, 5.41) is 0. The third kappa shape index (κ3) is 3.26. The second-order valence-electron chi connectivity index (χ2n) is 8.08. The maximum absolute atomic E-state index is 13.3. The average molecular weight is 383 g/mol. The fourth-order valence-electron chi connectivity index (χ4n) is 3.95. The Morgan fingerprint density at radius 2 is 1.64 bits per heavy atom. The quantitative estimate of drug-likeness (QED) is 0.508. The highest BCUT2D eigenvalue weighted by atomic mass is 19.4. The molecule has 1 heterocycles. The summed E-state index contributed by atoms with van der Waals surface area (Å²) >= 11 is 0. The molecule has 0 radical (unpaired) electrons. The summed E-state index contributed by atoms with van der Waals surface area (Å²) in [5.41, 5.74) is 2.45. The van der Waals surface area contributed by atoms with Crippen molar-refractivity contribution in [3.05, 3.63) is 77.5 Å². The highest BCUT2D eigenvalue weighted by Gasteiger charge is 2.36. The van der Waals surface area contributed by atoms with Gasteiger partial charge in [-0.2, -0.15) is 13.2 Å². The van der Waals surface area contributed by atoms with Crippen molar-refractivity contribution in [2.75, 3.05) is 0 Å². The third-order valence-electron chi connectivity index (χ3n) is 5.19.